The summed E-state index contributed by atoms with van der Waals surface area (Å²) in [5, 5.41) is 0.985. The first-order valence-corrected chi connectivity index (χ1v) is 4.42. The van der Waals surface area contributed by atoms with E-state index in [4.69, 9.17) is 22.2 Å². The van der Waals surface area contributed by atoms with Crippen LogP contribution in [-0.4, -0.2) is 17.0 Å². The number of carbonyl (C=O) groups is 2. The molecule has 6 heteroatoms. The van der Waals surface area contributed by atoms with Crippen LogP contribution < -0.4 is 10.6 Å². The lowest BCUT2D eigenvalue weighted by Crippen LogP contribution is -2.41. The summed E-state index contributed by atoms with van der Waals surface area (Å²) in [5.74, 6) is -0.300. The highest BCUT2D eigenvalue weighted by atomic mass is 35.5. The molecule has 0 aliphatic rings. The van der Waals surface area contributed by atoms with Crippen LogP contribution in [0.1, 0.15) is 6.92 Å². The zero-order chi connectivity index (χ0) is 11.4. The normalized spacial score (nSPS) is 9.47. The Morgan fingerprint density at radius 3 is 2.27 bits per heavy atom. The first-order chi connectivity index (χ1) is 7.00. The number of hydrogen-bond donors (Lipinski definition) is 1. The molecule has 0 atom stereocenters. The second-order valence-corrected chi connectivity index (χ2v) is 3.13. The standard InChI is InChI=1S/C9H9ClN2O3/c1-6(13)12(9(11)14)15-8-4-2-7(10)3-5-8/h2-5H,1H3,(H2,11,14). The minimum atomic E-state index is -0.975. The largest absolute Gasteiger partial charge is 0.368 e. The minimum Gasteiger partial charge on any atom is -0.368 e. The Bertz CT molecular complexity index is 363. The monoisotopic (exact) mass is 228 g/mol. The molecule has 0 aliphatic carbocycles. The van der Waals surface area contributed by atoms with Crippen molar-refractivity contribution in [1.29, 1.82) is 0 Å². The third-order valence-corrected chi connectivity index (χ3v) is 1.75. The molecule has 0 fully saturated rings. The number of nitrogens with zero attached hydrogens (tertiary/aromatic N) is 1. The van der Waals surface area contributed by atoms with E-state index in [9.17, 15) is 9.59 Å². The summed E-state index contributed by atoms with van der Waals surface area (Å²) in [6.45, 7) is 1.17. The van der Waals surface area contributed by atoms with E-state index in [-0.39, 0.29) is 0 Å². The van der Waals surface area contributed by atoms with Gasteiger partial charge in [-0.2, -0.15) is 0 Å². The van der Waals surface area contributed by atoms with Crippen LogP contribution in [0.25, 0.3) is 0 Å². The number of urea groups is 1. The maximum Gasteiger partial charge on any atom is 0.355 e. The Kier molecular flexibility index (Phi) is 3.51. The SMILES string of the molecule is CC(=O)N(Oc1ccc(Cl)cc1)C(N)=O. The van der Waals surface area contributed by atoms with E-state index in [1.54, 1.807) is 12.1 Å². The molecule has 1 aromatic rings. The van der Waals surface area contributed by atoms with Gasteiger partial charge in [0.25, 0.3) is 5.91 Å². The average Bonchev–Trinajstić information content (AvgIpc) is 2.15. The summed E-state index contributed by atoms with van der Waals surface area (Å²) in [6.07, 6.45) is 0. The zero-order valence-corrected chi connectivity index (χ0v) is 8.69. The van der Waals surface area contributed by atoms with Gasteiger partial charge in [-0.25, -0.2) is 4.79 Å². The molecule has 0 bridgehead atoms. The average molecular weight is 229 g/mol. The third-order valence-electron chi connectivity index (χ3n) is 1.50. The van der Waals surface area contributed by atoms with Gasteiger partial charge in [0.15, 0.2) is 5.75 Å². The topological polar surface area (TPSA) is 72.6 Å². The number of amides is 3. The fourth-order valence-electron chi connectivity index (χ4n) is 0.865. The third kappa shape index (κ3) is 3.14. The van der Waals surface area contributed by atoms with Crippen LogP contribution in [-0.2, 0) is 4.79 Å². The number of benzene rings is 1. The molecule has 0 radical (unpaired) electrons. The van der Waals surface area contributed by atoms with Crippen LogP contribution in [0.15, 0.2) is 24.3 Å². The van der Waals surface area contributed by atoms with Gasteiger partial charge in [0, 0.05) is 11.9 Å². The molecular weight excluding hydrogens is 220 g/mol. The number of carbonyl (C=O) groups excluding carboxylic acids is 2. The lowest BCUT2D eigenvalue weighted by molar-refractivity contribution is -0.144. The van der Waals surface area contributed by atoms with Crippen molar-refractivity contribution in [2.24, 2.45) is 5.73 Å². The number of hydrogen-bond acceptors (Lipinski definition) is 3. The Hall–Kier alpha value is -1.75. The van der Waals surface area contributed by atoms with Crippen LogP contribution in [0.4, 0.5) is 4.79 Å². The van der Waals surface area contributed by atoms with Gasteiger partial charge in [0.1, 0.15) is 0 Å². The van der Waals surface area contributed by atoms with Crippen molar-refractivity contribution in [1.82, 2.24) is 5.06 Å². The number of primary amides is 1. The number of rotatable bonds is 2. The first-order valence-electron chi connectivity index (χ1n) is 4.04. The number of halogens is 1. The summed E-state index contributed by atoms with van der Waals surface area (Å²) >= 11 is 5.65. The first kappa shape index (κ1) is 11.3. The van der Waals surface area contributed by atoms with Crippen LogP contribution in [0.3, 0.4) is 0 Å². The molecule has 1 aromatic carbocycles. The minimum absolute atomic E-state index is 0.299. The molecule has 1 rings (SSSR count). The molecule has 0 aliphatic heterocycles. The van der Waals surface area contributed by atoms with Gasteiger partial charge in [-0.1, -0.05) is 16.7 Å². The van der Waals surface area contributed by atoms with Crippen molar-refractivity contribution in [3.63, 3.8) is 0 Å². The van der Waals surface area contributed by atoms with Crippen LogP contribution in [0.5, 0.6) is 5.75 Å². The maximum absolute atomic E-state index is 10.9. The van der Waals surface area contributed by atoms with Gasteiger partial charge < -0.3 is 10.6 Å². The predicted octanol–water partition coefficient (Wildman–Crippen LogP) is 1.56. The highest BCUT2D eigenvalue weighted by Crippen LogP contribution is 2.16. The molecule has 0 heterocycles. The molecule has 80 valence electrons. The molecule has 2 N–H and O–H groups in total. The summed E-state index contributed by atoms with van der Waals surface area (Å²) in [6, 6.07) is 5.19. The predicted molar refractivity (Wildman–Crippen MR) is 54.2 cm³/mol. The second-order valence-electron chi connectivity index (χ2n) is 2.70. The Balaban J connectivity index is 2.79. The second kappa shape index (κ2) is 4.65. The summed E-state index contributed by atoms with van der Waals surface area (Å²) in [4.78, 5) is 26.7. The molecule has 0 unspecified atom stereocenters. The lowest BCUT2D eigenvalue weighted by Gasteiger charge is -2.16. The van der Waals surface area contributed by atoms with Crippen molar-refractivity contribution in [2.45, 2.75) is 6.92 Å². The van der Waals surface area contributed by atoms with Crippen molar-refractivity contribution < 1.29 is 14.4 Å². The van der Waals surface area contributed by atoms with E-state index in [2.05, 4.69) is 0 Å². The van der Waals surface area contributed by atoms with Crippen molar-refractivity contribution in [3.8, 4) is 5.75 Å². The van der Waals surface area contributed by atoms with Gasteiger partial charge in [0.05, 0.1) is 0 Å². The van der Waals surface area contributed by atoms with E-state index < -0.39 is 11.9 Å². The molecule has 0 saturated heterocycles. The molecule has 5 nitrogen and oxygen atoms in total. The van der Waals surface area contributed by atoms with E-state index in [0.717, 1.165) is 0 Å². The zero-order valence-electron chi connectivity index (χ0n) is 7.94. The highest BCUT2D eigenvalue weighted by Gasteiger charge is 2.16. The molecular formula is C9H9ClN2O3. The van der Waals surface area contributed by atoms with Crippen molar-refractivity contribution in [3.05, 3.63) is 29.3 Å². The molecule has 0 saturated carbocycles. The van der Waals surface area contributed by atoms with Gasteiger partial charge in [-0.3, -0.25) is 4.79 Å². The van der Waals surface area contributed by atoms with E-state index in [0.29, 0.717) is 15.8 Å². The number of nitrogens with two attached hydrogens (primary N) is 1. The molecule has 0 spiro atoms. The molecule has 15 heavy (non-hydrogen) atoms. The lowest BCUT2D eigenvalue weighted by atomic mass is 10.3. The summed E-state index contributed by atoms with van der Waals surface area (Å²) in [7, 11) is 0. The summed E-state index contributed by atoms with van der Waals surface area (Å²) in [5.41, 5.74) is 4.93. The van der Waals surface area contributed by atoms with Gasteiger partial charge in [-0.05, 0) is 24.3 Å². The number of hydroxylamine groups is 2. The van der Waals surface area contributed by atoms with Crippen LogP contribution in [0, 0.1) is 0 Å². The maximum atomic E-state index is 10.9. The van der Waals surface area contributed by atoms with E-state index in [1.807, 2.05) is 0 Å². The van der Waals surface area contributed by atoms with E-state index >= 15 is 0 Å². The van der Waals surface area contributed by atoms with Crippen molar-refractivity contribution in [2.75, 3.05) is 0 Å². The van der Waals surface area contributed by atoms with Gasteiger partial charge in [0.2, 0.25) is 0 Å². The Morgan fingerprint density at radius 1 is 1.33 bits per heavy atom. The quantitative estimate of drug-likeness (QED) is 0.781. The van der Waals surface area contributed by atoms with E-state index in [1.165, 1.54) is 19.1 Å². The number of imide groups is 1. The summed E-state index contributed by atoms with van der Waals surface area (Å²) < 4.78 is 0. The fraction of sp³-hybridized carbons (Fsp3) is 0.111. The molecule has 3 amide bonds. The van der Waals surface area contributed by atoms with Gasteiger partial charge >= 0.3 is 6.03 Å². The molecule has 0 aromatic heterocycles. The highest BCUT2D eigenvalue weighted by molar-refractivity contribution is 6.30. The van der Waals surface area contributed by atoms with Crippen LogP contribution in [0.2, 0.25) is 5.02 Å². The Labute approximate surface area is 91.3 Å². The van der Waals surface area contributed by atoms with Gasteiger partial charge in [-0.15, -0.1) is 0 Å². The van der Waals surface area contributed by atoms with Crippen LogP contribution >= 0.6 is 11.6 Å². The Morgan fingerprint density at radius 2 is 1.87 bits per heavy atom. The smallest absolute Gasteiger partial charge is 0.355 e. The fourth-order valence-corrected chi connectivity index (χ4v) is 0.991. The van der Waals surface area contributed by atoms with Crippen molar-refractivity contribution >= 4 is 23.5 Å².